The van der Waals surface area contributed by atoms with Crippen molar-refractivity contribution in [1.82, 2.24) is 0 Å². The lowest BCUT2D eigenvalue weighted by Crippen LogP contribution is -2.30. The number of aliphatic hydroxyl groups is 1. The van der Waals surface area contributed by atoms with Gasteiger partial charge in [0.05, 0.1) is 18.8 Å². The Kier molecular flexibility index (Phi) is 6.00. The van der Waals surface area contributed by atoms with E-state index in [2.05, 4.69) is 12.2 Å². The molecular weight excluding hydrogens is 269 g/mol. The first-order chi connectivity index (χ1) is 10.0. The van der Waals surface area contributed by atoms with Gasteiger partial charge in [0.1, 0.15) is 5.82 Å². The molecule has 0 amide bonds. The van der Waals surface area contributed by atoms with Crippen LogP contribution in [-0.2, 0) is 4.74 Å². The second-order valence-electron chi connectivity index (χ2n) is 6.22. The molecule has 0 aliphatic heterocycles. The largest absolute Gasteiger partial charge is 0.389 e. The Morgan fingerprint density at radius 2 is 2.24 bits per heavy atom. The molecule has 1 saturated carbocycles. The van der Waals surface area contributed by atoms with Crippen molar-refractivity contribution in [2.24, 2.45) is 5.92 Å². The summed E-state index contributed by atoms with van der Waals surface area (Å²) in [4.78, 5) is 0. The molecule has 0 heterocycles. The lowest BCUT2D eigenvalue weighted by molar-refractivity contribution is -0.0274. The predicted molar refractivity (Wildman–Crippen MR) is 83.0 cm³/mol. The van der Waals surface area contributed by atoms with Gasteiger partial charge >= 0.3 is 0 Å². The van der Waals surface area contributed by atoms with Crippen LogP contribution in [0.15, 0.2) is 18.2 Å². The minimum absolute atomic E-state index is 0.273. The number of aryl methyl sites for hydroxylation is 1. The summed E-state index contributed by atoms with van der Waals surface area (Å²) in [5, 5.41) is 13.1. The summed E-state index contributed by atoms with van der Waals surface area (Å²) in [6.07, 6.45) is 4.37. The normalized spacial score (nSPS) is 23.8. The Balaban J connectivity index is 1.72. The van der Waals surface area contributed by atoms with Gasteiger partial charge in [-0.15, -0.1) is 0 Å². The second-order valence-corrected chi connectivity index (χ2v) is 6.22. The van der Waals surface area contributed by atoms with Crippen LogP contribution in [0.4, 0.5) is 10.1 Å². The number of hydrogen-bond donors (Lipinski definition) is 2. The summed E-state index contributed by atoms with van der Waals surface area (Å²) >= 11 is 0. The monoisotopic (exact) mass is 295 g/mol. The maximum atomic E-state index is 13.2. The fraction of sp³-hybridized carbons (Fsp3) is 0.647. The van der Waals surface area contributed by atoms with Crippen molar-refractivity contribution in [1.29, 1.82) is 0 Å². The molecule has 1 aromatic rings. The SMILES string of the molecule is Cc1ccc(F)cc1NCC(O)COC1CCCC(C)C1. The van der Waals surface area contributed by atoms with Crippen LogP contribution < -0.4 is 5.32 Å². The van der Waals surface area contributed by atoms with Gasteiger partial charge in [0.15, 0.2) is 0 Å². The van der Waals surface area contributed by atoms with Crippen molar-refractivity contribution in [2.45, 2.75) is 51.7 Å². The van der Waals surface area contributed by atoms with Crippen LogP contribution in [0, 0.1) is 18.7 Å². The second kappa shape index (κ2) is 7.76. The molecule has 2 N–H and O–H groups in total. The standard InChI is InChI=1S/C17H26FNO2/c1-12-4-3-5-16(8-12)21-11-15(20)10-19-17-9-14(18)7-6-13(17)2/h6-7,9,12,15-16,19-20H,3-5,8,10-11H2,1-2H3. The highest BCUT2D eigenvalue weighted by Gasteiger charge is 2.20. The molecule has 1 aliphatic carbocycles. The van der Waals surface area contributed by atoms with Crippen molar-refractivity contribution in [3.8, 4) is 0 Å². The van der Waals surface area contributed by atoms with Crippen LogP contribution in [-0.4, -0.2) is 30.5 Å². The third-order valence-electron chi connectivity index (χ3n) is 4.14. The minimum Gasteiger partial charge on any atom is -0.389 e. The lowest BCUT2D eigenvalue weighted by Gasteiger charge is -2.27. The van der Waals surface area contributed by atoms with Crippen LogP contribution in [0.25, 0.3) is 0 Å². The number of hydrogen-bond acceptors (Lipinski definition) is 3. The van der Waals surface area contributed by atoms with Crippen LogP contribution in [0.3, 0.4) is 0 Å². The van der Waals surface area contributed by atoms with Crippen molar-refractivity contribution in [3.05, 3.63) is 29.6 Å². The minimum atomic E-state index is -0.579. The Hall–Kier alpha value is -1.13. The molecule has 0 aromatic heterocycles. The highest BCUT2D eigenvalue weighted by molar-refractivity contribution is 5.50. The average molecular weight is 295 g/mol. The van der Waals surface area contributed by atoms with Crippen LogP contribution >= 0.6 is 0 Å². The van der Waals surface area contributed by atoms with E-state index in [1.165, 1.54) is 25.0 Å². The van der Waals surface area contributed by atoms with Crippen molar-refractivity contribution in [2.75, 3.05) is 18.5 Å². The zero-order chi connectivity index (χ0) is 15.2. The van der Waals surface area contributed by atoms with Gasteiger partial charge in [0, 0.05) is 12.2 Å². The molecule has 118 valence electrons. The fourth-order valence-corrected chi connectivity index (χ4v) is 2.85. The molecule has 21 heavy (non-hydrogen) atoms. The zero-order valence-electron chi connectivity index (χ0n) is 12.9. The van der Waals surface area contributed by atoms with Gasteiger partial charge in [-0.05, 0) is 43.4 Å². The smallest absolute Gasteiger partial charge is 0.125 e. The molecule has 1 aliphatic rings. The summed E-state index contributed by atoms with van der Waals surface area (Å²) in [6.45, 7) is 4.86. The zero-order valence-corrected chi connectivity index (χ0v) is 12.9. The topological polar surface area (TPSA) is 41.5 Å². The molecule has 0 saturated heterocycles. The van der Waals surface area contributed by atoms with Crippen LogP contribution in [0.2, 0.25) is 0 Å². The predicted octanol–water partition coefficient (Wildman–Crippen LogP) is 3.50. The molecule has 3 nitrogen and oxygen atoms in total. The highest BCUT2D eigenvalue weighted by Crippen LogP contribution is 2.25. The van der Waals surface area contributed by atoms with E-state index in [9.17, 15) is 9.50 Å². The van der Waals surface area contributed by atoms with E-state index in [0.29, 0.717) is 19.1 Å². The number of halogens is 1. The number of anilines is 1. The number of rotatable bonds is 6. The van der Waals surface area contributed by atoms with Gasteiger partial charge in [-0.1, -0.05) is 25.8 Å². The maximum absolute atomic E-state index is 13.2. The Bertz CT molecular complexity index is 452. The summed E-state index contributed by atoms with van der Waals surface area (Å²) in [5.41, 5.74) is 1.69. The van der Waals surface area contributed by atoms with E-state index in [1.54, 1.807) is 6.07 Å². The van der Waals surface area contributed by atoms with Crippen LogP contribution in [0.5, 0.6) is 0 Å². The third-order valence-corrected chi connectivity index (χ3v) is 4.14. The first kappa shape index (κ1) is 16.2. The first-order valence-electron chi connectivity index (χ1n) is 7.84. The van der Waals surface area contributed by atoms with Gasteiger partial charge in [-0.3, -0.25) is 0 Å². The van der Waals surface area contributed by atoms with E-state index in [0.717, 1.165) is 24.1 Å². The van der Waals surface area contributed by atoms with E-state index < -0.39 is 6.10 Å². The average Bonchev–Trinajstić information content (AvgIpc) is 2.46. The Labute approximate surface area is 126 Å². The van der Waals surface area contributed by atoms with Crippen molar-refractivity contribution < 1.29 is 14.2 Å². The van der Waals surface area contributed by atoms with Gasteiger partial charge in [0.2, 0.25) is 0 Å². The Morgan fingerprint density at radius 1 is 1.43 bits per heavy atom. The maximum Gasteiger partial charge on any atom is 0.125 e. The number of benzene rings is 1. The van der Waals surface area contributed by atoms with Gasteiger partial charge < -0.3 is 15.2 Å². The van der Waals surface area contributed by atoms with Gasteiger partial charge in [0.25, 0.3) is 0 Å². The van der Waals surface area contributed by atoms with Crippen molar-refractivity contribution >= 4 is 5.69 Å². The summed E-state index contributed by atoms with van der Waals surface area (Å²) in [6, 6.07) is 4.61. The van der Waals surface area contributed by atoms with E-state index in [4.69, 9.17) is 4.74 Å². The number of nitrogens with one attached hydrogen (secondary N) is 1. The Morgan fingerprint density at radius 3 is 3.00 bits per heavy atom. The molecule has 2 rings (SSSR count). The quantitative estimate of drug-likeness (QED) is 0.844. The molecule has 1 aromatic carbocycles. The van der Waals surface area contributed by atoms with E-state index >= 15 is 0 Å². The molecule has 0 spiro atoms. The summed E-state index contributed by atoms with van der Waals surface area (Å²) in [7, 11) is 0. The molecule has 1 fully saturated rings. The fourth-order valence-electron chi connectivity index (χ4n) is 2.85. The van der Waals surface area contributed by atoms with Crippen molar-refractivity contribution in [3.63, 3.8) is 0 Å². The van der Waals surface area contributed by atoms with E-state index in [1.807, 2.05) is 6.92 Å². The lowest BCUT2D eigenvalue weighted by atomic mass is 9.89. The number of ether oxygens (including phenoxy) is 1. The van der Waals surface area contributed by atoms with Crippen LogP contribution in [0.1, 0.15) is 38.2 Å². The first-order valence-corrected chi connectivity index (χ1v) is 7.84. The number of aliphatic hydroxyl groups excluding tert-OH is 1. The molecule has 4 heteroatoms. The summed E-state index contributed by atoms with van der Waals surface area (Å²) < 4.78 is 19.0. The molecule has 0 radical (unpaired) electrons. The molecular formula is C17H26FNO2. The molecule has 3 atom stereocenters. The van der Waals surface area contributed by atoms with Gasteiger partial charge in [-0.25, -0.2) is 4.39 Å². The summed E-state index contributed by atoms with van der Waals surface area (Å²) in [5.74, 6) is 0.444. The van der Waals surface area contributed by atoms with E-state index in [-0.39, 0.29) is 11.9 Å². The molecule has 0 bridgehead atoms. The van der Waals surface area contributed by atoms with Gasteiger partial charge in [-0.2, -0.15) is 0 Å². The highest BCUT2D eigenvalue weighted by atomic mass is 19.1. The third kappa shape index (κ3) is 5.29. The molecule has 3 unspecified atom stereocenters.